The van der Waals surface area contributed by atoms with Crippen LogP contribution in [0.2, 0.25) is 0 Å². The number of nitrogens with zero attached hydrogens (tertiary/aromatic N) is 1. The molecule has 0 radical (unpaired) electrons. The molecular weight excluding hydrogens is 184 g/mol. The highest BCUT2D eigenvalue weighted by Crippen LogP contribution is 2.27. The van der Waals surface area contributed by atoms with Crippen molar-refractivity contribution < 1.29 is 0 Å². The lowest BCUT2D eigenvalue weighted by atomic mass is 9.85. The molecule has 1 saturated heterocycles. The van der Waals surface area contributed by atoms with Crippen molar-refractivity contribution in [2.24, 2.45) is 11.8 Å². The lowest BCUT2D eigenvalue weighted by Crippen LogP contribution is -2.39. The first-order chi connectivity index (χ1) is 7.38. The van der Waals surface area contributed by atoms with Crippen LogP contribution in [0.5, 0.6) is 0 Å². The molecular formula is C13H26N2. The summed E-state index contributed by atoms with van der Waals surface area (Å²) < 4.78 is 0. The molecule has 1 heterocycles. The smallest absolute Gasteiger partial charge is 0.00106 e. The van der Waals surface area contributed by atoms with Crippen molar-refractivity contribution in [2.45, 2.75) is 39.0 Å². The van der Waals surface area contributed by atoms with Crippen molar-refractivity contribution in [3.63, 3.8) is 0 Å². The highest BCUT2D eigenvalue weighted by atomic mass is 15.1. The van der Waals surface area contributed by atoms with E-state index >= 15 is 0 Å². The van der Waals surface area contributed by atoms with Gasteiger partial charge in [0.2, 0.25) is 0 Å². The standard InChI is InChI=1S/C13H26N2/c1-2-15(10-12-4-3-5-12)11-13-6-8-14-9-7-13/h12-14H,2-11H2,1H3. The molecule has 2 nitrogen and oxygen atoms in total. The summed E-state index contributed by atoms with van der Waals surface area (Å²) in [6.07, 6.45) is 7.24. The summed E-state index contributed by atoms with van der Waals surface area (Å²) in [6, 6.07) is 0. The molecule has 2 rings (SSSR count). The SMILES string of the molecule is CCN(CC1CCC1)CC1CCNCC1. The van der Waals surface area contributed by atoms with Gasteiger partial charge in [-0.05, 0) is 57.2 Å². The van der Waals surface area contributed by atoms with Gasteiger partial charge in [0, 0.05) is 13.1 Å². The van der Waals surface area contributed by atoms with Gasteiger partial charge >= 0.3 is 0 Å². The average molecular weight is 210 g/mol. The third-order valence-corrected chi connectivity index (χ3v) is 4.16. The van der Waals surface area contributed by atoms with Gasteiger partial charge in [-0.15, -0.1) is 0 Å². The maximum absolute atomic E-state index is 3.45. The van der Waals surface area contributed by atoms with E-state index in [1.807, 2.05) is 0 Å². The summed E-state index contributed by atoms with van der Waals surface area (Å²) in [5.41, 5.74) is 0. The average Bonchev–Trinajstić information content (AvgIpc) is 2.23. The van der Waals surface area contributed by atoms with E-state index in [1.54, 1.807) is 0 Å². The van der Waals surface area contributed by atoms with E-state index in [0.29, 0.717) is 0 Å². The second kappa shape index (κ2) is 5.86. The van der Waals surface area contributed by atoms with Crippen LogP contribution in [0.15, 0.2) is 0 Å². The predicted octanol–water partition coefficient (Wildman–Crippen LogP) is 2.11. The summed E-state index contributed by atoms with van der Waals surface area (Å²) in [5, 5.41) is 3.45. The molecule has 0 bridgehead atoms. The first-order valence-corrected chi connectivity index (χ1v) is 6.81. The topological polar surface area (TPSA) is 15.3 Å². The van der Waals surface area contributed by atoms with E-state index in [1.165, 1.54) is 64.8 Å². The molecule has 0 amide bonds. The maximum Gasteiger partial charge on any atom is 0.00106 e. The Balaban J connectivity index is 1.68. The van der Waals surface area contributed by atoms with Crippen LogP contribution in [0.4, 0.5) is 0 Å². The molecule has 1 N–H and O–H groups in total. The molecule has 0 aromatic carbocycles. The van der Waals surface area contributed by atoms with Gasteiger partial charge in [-0.25, -0.2) is 0 Å². The molecule has 0 aromatic heterocycles. The molecule has 0 aromatic rings. The van der Waals surface area contributed by atoms with Gasteiger partial charge in [-0.2, -0.15) is 0 Å². The predicted molar refractivity (Wildman–Crippen MR) is 65.0 cm³/mol. The second-order valence-corrected chi connectivity index (χ2v) is 5.34. The minimum atomic E-state index is 0.964. The fourth-order valence-electron chi connectivity index (χ4n) is 2.80. The molecule has 1 aliphatic carbocycles. The minimum absolute atomic E-state index is 0.964. The molecule has 0 atom stereocenters. The van der Waals surface area contributed by atoms with Crippen molar-refractivity contribution in [3.8, 4) is 0 Å². The molecule has 0 spiro atoms. The second-order valence-electron chi connectivity index (χ2n) is 5.34. The van der Waals surface area contributed by atoms with E-state index in [0.717, 1.165) is 11.8 Å². The van der Waals surface area contributed by atoms with Crippen molar-refractivity contribution in [3.05, 3.63) is 0 Å². The van der Waals surface area contributed by atoms with E-state index in [-0.39, 0.29) is 0 Å². The molecule has 2 heteroatoms. The molecule has 88 valence electrons. The van der Waals surface area contributed by atoms with E-state index in [2.05, 4.69) is 17.1 Å². The molecule has 15 heavy (non-hydrogen) atoms. The lowest BCUT2D eigenvalue weighted by molar-refractivity contribution is 0.152. The number of piperidine rings is 1. The van der Waals surface area contributed by atoms with Crippen molar-refractivity contribution >= 4 is 0 Å². The first kappa shape index (κ1) is 11.4. The zero-order chi connectivity index (χ0) is 10.5. The van der Waals surface area contributed by atoms with Crippen molar-refractivity contribution in [2.75, 3.05) is 32.7 Å². The Labute approximate surface area is 94.4 Å². The van der Waals surface area contributed by atoms with Crippen LogP contribution in [-0.2, 0) is 0 Å². The summed E-state index contributed by atoms with van der Waals surface area (Å²) in [4.78, 5) is 2.69. The fraction of sp³-hybridized carbons (Fsp3) is 1.00. The molecule has 2 fully saturated rings. The van der Waals surface area contributed by atoms with Gasteiger partial charge in [0.1, 0.15) is 0 Å². The van der Waals surface area contributed by atoms with Crippen LogP contribution in [0.3, 0.4) is 0 Å². The Morgan fingerprint density at radius 2 is 1.60 bits per heavy atom. The summed E-state index contributed by atoms with van der Waals surface area (Å²) in [7, 11) is 0. The third-order valence-electron chi connectivity index (χ3n) is 4.16. The molecule has 1 saturated carbocycles. The third kappa shape index (κ3) is 3.46. The van der Waals surface area contributed by atoms with Crippen LogP contribution >= 0.6 is 0 Å². The highest BCUT2D eigenvalue weighted by Gasteiger charge is 2.22. The Hall–Kier alpha value is -0.0800. The van der Waals surface area contributed by atoms with Crippen LogP contribution < -0.4 is 5.32 Å². The summed E-state index contributed by atoms with van der Waals surface area (Å²) in [6.45, 7) is 8.78. The highest BCUT2D eigenvalue weighted by molar-refractivity contribution is 4.77. The van der Waals surface area contributed by atoms with Gasteiger partial charge < -0.3 is 10.2 Å². The van der Waals surface area contributed by atoms with Crippen LogP contribution in [-0.4, -0.2) is 37.6 Å². The quantitative estimate of drug-likeness (QED) is 0.747. The Morgan fingerprint density at radius 3 is 2.07 bits per heavy atom. The summed E-state index contributed by atoms with van der Waals surface area (Å²) >= 11 is 0. The number of hydrogen-bond donors (Lipinski definition) is 1. The largest absolute Gasteiger partial charge is 0.317 e. The van der Waals surface area contributed by atoms with Crippen molar-refractivity contribution in [1.82, 2.24) is 10.2 Å². The Kier molecular flexibility index (Phi) is 4.45. The maximum atomic E-state index is 3.45. The normalized spacial score (nSPS) is 24.4. The monoisotopic (exact) mass is 210 g/mol. The van der Waals surface area contributed by atoms with Crippen LogP contribution in [0.1, 0.15) is 39.0 Å². The van der Waals surface area contributed by atoms with Crippen LogP contribution in [0, 0.1) is 11.8 Å². The van der Waals surface area contributed by atoms with E-state index in [9.17, 15) is 0 Å². The van der Waals surface area contributed by atoms with Gasteiger partial charge in [0.15, 0.2) is 0 Å². The zero-order valence-electron chi connectivity index (χ0n) is 10.2. The van der Waals surface area contributed by atoms with Crippen LogP contribution in [0.25, 0.3) is 0 Å². The number of hydrogen-bond acceptors (Lipinski definition) is 2. The summed E-state index contributed by atoms with van der Waals surface area (Å²) in [5.74, 6) is 2.00. The Bertz CT molecular complexity index is 171. The molecule has 0 unspecified atom stereocenters. The lowest BCUT2D eigenvalue weighted by Gasteiger charge is -2.34. The van der Waals surface area contributed by atoms with Gasteiger partial charge in [0.25, 0.3) is 0 Å². The Morgan fingerprint density at radius 1 is 1.00 bits per heavy atom. The first-order valence-electron chi connectivity index (χ1n) is 6.81. The van der Waals surface area contributed by atoms with E-state index < -0.39 is 0 Å². The molecule has 2 aliphatic rings. The number of nitrogens with one attached hydrogen (secondary N) is 1. The van der Waals surface area contributed by atoms with Gasteiger partial charge in [0.05, 0.1) is 0 Å². The van der Waals surface area contributed by atoms with Gasteiger partial charge in [-0.1, -0.05) is 13.3 Å². The van der Waals surface area contributed by atoms with Crippen molar-refractivity contribution in [1.29, 1.82) is 0 Å². The minimum Gasteiger partial charge on any atom is -0.317 e. The van der Waals surface area contributed by atoms with Gasteiger partial charge in [-0.3, -0.25) is 0 Å². The zero-order valence-corrected chi connectivity index (χ0v) is 10.2. The number of rotatable bonds is 5. The molecule has 1 aliphatic heterocycles. The van der Waals surface area contributed by atoms with E-state index in [4.69, 9.17) is 0 Å². The fourth-order valence-corrected chi connectivity index (χ4v) is 2.80.